The largest absolute Gasteiger partial charge is 0.481 e. The molecule has 0 aliphatic heterocycles. The fourth-order valence-electron chi connectivity index (χ4n) is 6.35. The van der Waals surface area contributed by atoms with Crippen molar-refractivity contribution in [1.82, 2.24) is 0 Å². The van der Waals surface area contributed by atoms with Crippen LogP contribution in [0.3, 0.4) is 0 Å². The maximum atomic E-state index is 12.5. The minimum atomic E-state index is -0.776. The van der Waals surface area contributed by atoms with Gasteiger partial charge in [0.1, 0.15) is 6.10 Å². The Bertz CT molecular complexity index is 839. The zero-order chi connectivity index (χ0) is 36.4. The molecule has 290 valence electrons. The summed E-state index contributed by atoms with van der Waals surface area (Å²) in [5.74, 6) is -0.892. The molecule has 0 aromatic carbocycles. The summed E-state index contributed by atoms with van der Waals surface area (Å²) in [4.78, 5) is 23.6. The molecule has 0 fully saturated rings. The number of unbranched alkanes of at least 4 members (excludes halogenated alkanes) is 22. The van der Waals surface area contributed by atoms with Crippen LogP contribution in [0.25, 0.3) is 0 Å². The number of rotatable bonds is 39. The second kappa shape index (κ2) is 41.3. The third-order valence-electron chi connectivity index (χ3n) is 9.55. The summed E-state index contributed by atoms with van der Waals surface area (Å²) >= 11 is 0. The van der Waals surface area contributed by atoms with Gasteiger partial charge in [-0.1, -0.05) is 184 Å². The van der Waals surface area contributed by atoms with E-state index in [0.29, 0.717) is 19.3 Å². The summed E-state index contributed by atoms with van der Waals surface area (Å²) in [6.07, 6.45) is 55.6. The second-order valence-corrected chi connectivity index (χ2v) is 14.5. The molecule has 0 aromatic rings. The first-order chi connectivity index (χ1) is 24.6. The highest BCUT2D eigenvalue weighted by Gasteiger charge is 2.15. The van der Waals surface area contributed by atoms with Crippen LogP contribution in [-0.2, 0) is 14.3 Å². The van der Waals surface area contributed by atoms with Crippen molar-refractivity contribution in [2.45, 2.75) is 232 Å². The first kappa shape index (κ1) is 47.9. The van der Waals surface area contributed by atoms with Crippen LogP contribution in [0.2, 0.25) is 0 Å². The Balaban J connectivity index is 3.86. The number of carboxylic acid groups (broad SMARTS) is 1. The molecular formula is C46H82O4. The van der Waals surface area contributed by atoms with Crippen molar-refractivity contribution < 1.29 is 19.4 Å². The van der Waals surface area contributed by atoms with E-state index in [1.54, 1.807) is 0 Å². The Morgan fingerprint density at radius 1 is 0.440 bits per heavy atom. The van der Waals surface area contributed by atoms with Gasteiger partial charge in [-0.15, -0.1) is 0 Å². The molecule has 0 heterocycles. The van der Waals surface area contributed by atoms with Gasteiger partial charge in [0.05, 0.1) is 0 Å². The lowest BCUT2D eigenvalue weighted by Gasteiger charge is -2.18. The summed E-state index contributed by atoms with van der Waals surface area (Å²) in [6, 6.07) is 0. The fourth-order valence-corrected chi connectivity index (χ4v) is 6.35. The van der Waals surface area contributed by atoms with Gasteiger partial charge in [0.15, 0.2) is 0 Å². The molecule has 1 atom stereocenters. The van der Waals surface area contributed by atoms with Gasteiger partial charge in [0.2, 0.25) is 0 Å². The van der Waals surface area contributed by atoms with Gasteiger partial charge in [-0.3, -0.25) is 9.59 Å². The van der Waals surface area contributed by atoms with Crippen LogP contribution in [0, 0.1) is 0 Å². The van der Waals surface area contributed by atoms with Crippen molar-refractivity contribution in [3.8, 4) is 0 Å². The molecule has 0 spiro atoms. The second-order valence-electron chi connectivity index (χ2n) is 14.5. The zero-order valence-electron chi connectivity index (χ0n) is 33.2. The molecule has 0 saturated carbocycles. The Morgan fingerprint density at radius 3 is 1.26 bits per heavy atom. The SMILES string of the molecule is CCCCC/C=C\C/C=C\C/C=C\C/C=C\CCCCCC(=O)OC(CCCCCCCCCCCCCCCCCCC)CCCC(=O)O. The number of carboxylic acids is 1. The molecule has 4 heteroatoms. The fraction of sp³-hybridized carbons (Fsp3) is 0.783. The molecule has 0 saturated heterocycles. The summed E-state index contributed by atoms with van der Waals surface area (Å²) in [6.45, 7) is 4.53. The summed E-state index contributed by atoms with van der Waals surface area (Å²) in [5, 5.41) is 9.05. The van der Waals surface area contributed by atoms with Crippen LogP contribution in [0.1, 0.15) is 226 Å². The van der Waals surface area contributed by atoms with Crippen molar-refractivity contribution >= 4 is 11.9 Å². The smallest absolute Gasteiger partial charge is 0.306 e. The lowest BCUT2D eigenvalue weighted by Crippen LogP contribution is -2.18. The maximum absolute atomic E-state index is 12.5. The number of hydrogen-bond acceptors (Lipinski definition) is 3. The van der Waals surface area contributed by atoms with Crippen molar-refractivity contribution in [3.63, 3.8) is 0 Å². The third-order valence-corrected chi connectivity index (χ3v) is 9.55. The molecule has 4 nitrogen and oxygen atoms in total. The van der Waals surface area contributed by atoms with Gasteiger partial charge in [-0.25, -0.2) is 0 Å². The van der Waals surface area contributed by atoms with E-state index < -0.39 is 5.97 Å². The minimum Gasteiger partial charge on any atom is -0.481 e. The highest BCUT2D eigenvalue weighted by molar-refractivity contribution is 5.69. The lowest BCUT2D eigenvalue weighted by molar-refractivity contribution is -0.150. The van der Waals surface area contributed by atoms with Crippen molar-refractivity contribution in [2.75, 3.05) is 0 Å². The molecular weight excluding hydrogens is 617 g/mol. The van der Waals surface area contributed by atoms with E-state index in [4.69, 9.17) is 9.84 Å². The monoisotopic (exact) mass is 699 g/mol. The molecule has 1 N–H and O–H groups in total. The number of hydrogen-bond donors (Lipinski definition) is 1. The molecule has 0 rings (SSSR count). The molecule has 0 amide bonds. The first-order valence-electron chi connectivity index (χ1n) is 21.6. The number of carbonyl (C=O) groups is 2. The van der Waals surface area contributed by atoms with Crippen LogP contribution in [0.5, 0.6) is 0 Å². The average molecular weight is 699 g/mol. The zero-order valence-corrected chi connectivity index (χ0v) is 33.2. The van der Waals surface area contributed by atoms with Crippen molar-refractivity contribution in [1.29, 1.82) is 0 Å². The van der Waals surface area contributed by atoms with Gasteiger partial charge in [-0.05, 0) is 77.0 Å². The Hall–Kier alpha value is -2.10. The third kappa shape index (κ3) is 40.3. The van der Waals surface area contributed by atoms with Crippen LogP contribution < -0.4 is 0 Å². The van der Waals surface area contributed by atoms with Crippen LogP contribution in [-0.4, -0.2) is 23.1 Å². The Morgan fingerprint density at radius 2 is 0.800 bits per heavy atom. The quantitative estimate of drug-likeness (QED) is 0.0394. The van der Waals surface area contributed by atoms with Crippen molar-refractivity contribution in [3.05, 3.63) is 48.6 Å². The summed E-state index contributed by atoms with van der Waals surface area (Å²) in [7, 11) is 0. The van der Waals surface area contributed by atoms with Gasteiger partial charge in [0.25, 0.3) is 0 Å². The van der Waals surface area contributed by atoms with E-state index in [1.807, 2.05) is 0 Å². The number of esters is 1. The molecule has 0 bridgehead atoms. The van der Waals surface area contributed by atoms with E-state index in [2.05, 4.69) is 62.5 Å². The highest BCUT2D eigenvalue weighted by atomic mass is 16.5. The van der Waals surface area contributed by atoms with Crippen molar-refractivity contribution in [2.24, 2.45) is 0 Å². The number of aliphatic carboxylic acids is 1. The molecule has 0 aliphatic carbocycles. The highest BCUT2D eigenvalue weighted by Crippen LogP contribution is 2.18. The number of carbonyl (C=O) groups excluding carboxylic acids is 1. The molecule has 0 radical (unpaired) electrons. The lowest BCUT2D eigenvalue weighted by atomic mass is 10.0. The average Bonchev–Trinajstić information content (AvgIpc) is 3.10. The van der Waals surface area contributed by atoms with E-state index in [9.17, 15) is 9.59 Å². The molecule has 50 heavy (non-hydrogen) atoms. The van der Waals surface area contributed by atoms with Crippen LogP contribution in [0.15, 0.2) is 48.6 Å². The Kier molecular flexibility index (Phi) is 39.6. The maximum Gasteiger partial charge on any atom is 0.306 e. The van der Waals surface area contributed by atoms with Crippen LogP contribution >= 0.6 is 0 Å². The number of allylic oxidation sites excluding steroid dienone is 8. The van der Waals surface area contributed by atoms with E-state index in [0.717, 1.165) is 57.8 Å². The van der Waals surface area contributed by atoms with Gasteiger partial charge >= 0.3 is 11.9 Å². The van der Waals surface area contributed by atoms with Crippen LogP contribution in [0.4, 0.5) is 0 Å². The summed E-state index contributed by atoms with van der Waals surface area (Å²) in [5.41, 5.74) is 0. The Labute approximate surface area is 311 Å². The van der Waals surface area contributed by atoms with E-state index in [1.165, 1.54) is 128 Å². The van der Waals surface area contributed by atoms with Gasteiger partial charge in [-0.2, -0.15) is 0 Å². The molecule has 0 aliphatic rings. The van der Waals surface area contributed by atoms with E-state index >= 15 is 0 Å². The first-order valence-corrected chi connectivity index (χ1v) is 21.6. The molecule has 0 aromatic heterocycles. The predicted octanol–water partition coefficient (Wildman–Crippen LogP) is 15.1. The van der Waals surface area contributed by atoms with E-state index in [-0.39, 0.29) is 18.5 Å². The number of ether oxygens (including phenoxy) is 1. The molecule has 1 unspecified atom stereocenters. The standard InChI is InChI=1S/C46H82O4/c1-3-5-7-9-11-13-15-17-19-21-22-24-26-28-30-32-34-36-38-43-46(49)50-44(41-39-42-45(47)48)40-37-35-33-31-29-27-25-23-20-18-16-14-12-10-8-6-4-2/h11,13,17,19,22,24,28,30,44H,3-10,12,14-16,18,20-21,23,25-27,29,31-43H2,1-2H3,(H,47,48)/b13-11-,19-17-,24-22-,30-28-. The van der Waals surface area contributed by atoms with Gasteiger partial charge in [0, 0.05) is 12.8 Å². The topological polar surface area (TPSA) is 63.6 Å². The predicted molar refractivity (Wildman–Crippen MR) is 218 cm³/mol. The normalized spacial score (nSPS) is 12.7. The van der Waals surface area contributed by atoms with Gasteiger partial charge < -0.3 is 9.84 Å². The minimum absolute atomic E-state index is 0.116. The summed E-state index contributed by atoms with van der Waals surface area (Å²) < 4.78 is 5.84.